The summed E-state index contributed by atoms with van der Waals surface area (Å²) in [6, 6.07) is 4.67. The fourth-order valence-electron chi connectivity index (χ4n) is 2.34. The van der Waals surface area contributed by atoms with Crippen LogP contribution in [-0.4, -0.2) is 41.5 Å². The molecule has 2 rings (SSSR count). The highest BCUT2D eigenvalue weighted by Crippen LogP contribution is 2.32. The molecule has 2 amide bonds. The van der Waals surface area contributed by atoms with Gasteiger partial charge < -0.3 is 20.2 Å². The van der Waals surface area contributed by atoms with Crippen molar-refractivity contribution in [2.75, 3.05) is 23.7 Å². The number of carbonyl (C=O) groups is 2. The number of anilines is 2. The highest BCUT2D eigenvalue weighted by atomic mass is 35.5. The van der Waals surface area contributed by atoms with Crippen LogP contribution in [0.5, 0.6) is 5.75 Å². The maximum absolute atomic E-state index is 12.3. The third kappa shape index (κ3) is 7.03. The summed E-state index contributed by atoms with van der Waals surface area (Å²) >= 11 is 6.35. The first-order chi connectivity index (χ1) is 13.9. The number of aromatic nitrogens is 2. The number of carbonyl (C=O) groups excluding carboxylic acids is 2. The Bertz CT molecular complexity index is 896. The van der Waals surface area contributed by atoms with Crippen LogP contribution in [0.2, 0.25) is 5.02 Å². The van der Waals surface area contributed by atoms with Gasteiger partial charge in [-0.15, -0.1) is 0 Å². The van der Waals surface area contributed by atoms with E-state index in [-0.39, 0.29) is 24.2 Å². The van der Waals surface area contributed by atoms with Crippen LogP contribution in [0, 0.1) is 11.3 Å². The largest absolute Gasteiger partial charge is 0.489 e. The van der Waals surface area contributed by atoms with Crippen molar-refractivity contribution in [1.82, 2.24) is 15.3 Å². The molecule has 0 spiro atoms. The summed E-state index contributed by atoms with van der Waals surface area (Å²) in [6.45, 7) is 4.58. The van der Waals surface area contributed by atoms with Crippen LogP contribution >= 0.6 is 11.6 Å². The predicted molar refractivity (Wildman–Crippen MR) is 109 cm³/mol. The molecular formula is C19H21ClN6O3. The van der Waals surface area contributed by atoms with Crippen LogP contribution in [0.25, 0.3) is 0 Å². The number of ether oxygens (including phenoxy) is 1. The van der Waals surface area contributed by atoms with Crippen LogP contribution in [0.15, 0.2) is 24.5 Å². The van der Waals surface area contributed by atoms with Gasteiger partial charge in [0.25, 0.3) is 0 Å². The van der Waals surface area contributed by atoms with Crippen molar-refractivity contribution in [3.63, 3.8) is 0 Å². The summed E-state index contributed by atoms with van der Waals surface area (Å²) in [5, 5.41) is 17.4. The Balaban J connectivity index is 2.14. The Labute approximate surface area is 173 Å². The molecule has 29 heavy (non-hydrogen) atoms. The van der Waals surface area contributed by atoms with Gasteiger partial charge in [0.1, 0.15) is 18.1 Å². The van der Waals surface area contributed by atoms with Gasteiger partial charge in [-0.2, -0.15) is 5.26 Å². The molecule has 0 atom stereocenters. The summed E-state index contributed by atoms with van der Waals surface area (Å²) in [6.07, 6.45) is 3.80. The molecule has 0 saturated carbocycles. The first kappa shape index (κ1) is 22.1. The Morgan fingerprint density at radius 3 is 2.72 bits per heavy atom. The van der Waals surface area contributed by atoms with E-state index in [1.54, 1.807) is 12.1 Å². The number of nitrogens with zero attached hydrogens (tertiary/aromatic N) is 3. The van der Waals surface area contributed by atoms with Crippen LogP contribution in [-0.2, 0) is 11.2 Å². The van der Waals surface area contributed by atoms with E-state index in [2.05, 4.69) is 25.9 Å². The summed E-state index contributed by atoms with van der Waals surface area (Å²) in [7, 11) is 0. The number of hydrogen-bond acceptors (Lipinski definition) is 7. The normalized spacial score (nSPS) is 10.3. The number of benzene rings is 1. The van der Waals surface area contributed by atoms with Crippen molar-refractivity contribution in [2.45, 2.75) is 26.4 Å². The zero-order valence-corrected chi connectivity index (χ0v) is 16.8. The van der Waals surface area contributed by atoms with E-state index in [0.29, 0.717) is 29.4 Å². The monoisotopic (exact) mass is 416 g/mol. The van der Waals surface area contributed by atoms with Gasteiger partial charge >= 0.3 is 6.03 Å². The quantitative estimate of drug-likeness (QED) is 0.423. The number of amides is 2. The number of nitriles is 1. The minimum atomic E-state index is -0.561. The highest BCUT2D eigenvalue weighted by molar-refractivity contribution is 6.31. The molecule has 0 fully saturated rings. The second-order valence-electron chi connectivity index (χ2n) is 6.20. The van der Waals surface area contributed by atoms with Gasteiger partial charge in [-0.05, 0) is 44.5 Å². The molecule has 3 N–H and O–H groups in total. The van der Waals surface area contributed by atoms with E-state index < -0.39 is 6.03 Å². The minimum Gasteiger partial charge on any atom is -0.489 e. The van der Waals surface area contributed by atoms with Crippen molar-refractivity contribution in [3.05, 3.63) is 40.8 Å². The second kappa shape index (κ2) is 10.9. The third-order valence-electron chi connectivity index (χ3n) is 3.57. The second-order valence-corrected chi connectivity index (χ2v) is 6.61. The molecule has 152 valence electrons. The highest BCUT2D eigenvalue weighted by Gasteiger charge is 2.14. The smallest absolute Gasteiger partial charge is 0.325 e. The molecule has 0 radical (unpaired) electrons. The van der Waals surface area contributed by atoms with E-state index in [1.165, 1.54) is 12.4 Å². The topological polar surface area (TPSA) is 129 Å². The van der Waals surface area contributed by atoms with Crippen molar-refractivity contribution in [2.24, 2.45) is 0 Å². The lowest BCUT2D eigenvalue weighted by atomic mass is 10.1. The van der Waals surface area contributed by atoms with Crippen molar-refractivity contribution in [3.8, 4) is 11.8 Å². The van der Waals surface area contributed by atoms with E-state index in [4.69, 9.17) is 21.6 Å². The fourth-order valence-corrected chi connectivity index (χ4v) is 2.60. The number of rotatable bonds is 9. The molecule has 10 heteroatoms. The number of aldehydes is 1. The number of nitrogens with one attached hydrogen (secondary N) is 3. The van der Waals surface area contributed by atoms with E-state index in [0.717, 1.165) is 11.8 Å². The molecule has 1 aromatic heterocycles. The Morgan fingerprint density at radius 1 is 1.31 bits per heavy atom. The molecule has 0 aliphatic carbocycles. The molecule has 1 aromatic carbocycles. The van der Waals surface area contributed by atoms with Gasteiger partial charge in [-0.3, -0.25) is 5.32 Å². The molecule has 0 aliphatic heterocycles. The molecule has 0 bridgehead atoms. The maximum Gasteiger partial charge on any atom is 0.325 e. The predicted octanol–water partition coefficient (Wildman–Crippen LogP) is 2.76. The first-order valence-corrected chi connectivity index (χ1v) is 9.24. The van der Waals surface area contributed by atoms with Gasteiger partial charge in [0.15, 0.2) is 11.5 Å². The summed E-state index contributed by atoms with van der Waals surface area (Å²) in [5.74, 6) is 0.660. The Morgan fingerprint density at radius 2 is 2.10 bits per heavy atom. The van der Waals surface area contributed by atoms with E-state index >= 15 is 0 Å². The fraction of sp³-hybridized carbons (Fsp3) is 0.316. The molecular weight excluding hydrogens is 396 g/mol. The van der Waals surface area contributed by atoms with Crippen LogP contribution in [0.1, 0.15) is 25.1 Å². The van der Waals surface area contributed by atoms with Crippen LogP contribution in [0.4, 0.5) is 16.3 Å². The molecule has 1 heterocycles. The molecule has 9 nitrogen and oxygen atoms in total. The van der Waals surface area contributed by atoms with E-state index in [1.807, 2.05) is 19.9 Å². The number of halogens is 1. The lowest BCUT2D eigenvalue weighted by Crippen LogP contribution is -2.22. The summed E-state index contributed by atoms with van der Waals surface area (Å²) < 4.78 is 5.81. The zero-order chi connectivity index (χ0) is 21.2. The lowest BCUT2D eigenvalue weighted by Gasteiger charge is -2.18. The average molecular weight is 417 g/mol. The zero-order valence-electron chi connectivity index (χ0n) is 16.0. The molecule has 0 saturated heterocycles. The molecule has 2 aromatic rings. The van der Waals surface area contributed by atoms with Crippen LogP contribution in [0.3, 0.4) is 0 Å². The third-order valence-corrected chi connectivity index (χ3v) is 3.92. The van der Waals surface area contributed by atoms with Crippen molar-refractivity contribution >= 4 is 35.4 Å². The SMILES string of the molecule is CC(C)Oc1cc(CCNCC=O)c(Cl)cc1NC(=O)Nc1cnc(C#N)cn1. The number of urea groups is 1. The first-order valence-electron chi connectivity index (χ1n) is 8.86. The van der Waals surface area contributed by atoms with Gasteiger partial charge in [0.05, 0.1) is 30.7 Å². The van der Waals surface area contributed by atoms with E-state index in [9.17, 15) is 9.59 Å². The maximum atomic E-state index is 12.3. The average Bonchev–Trinajstić information content (AvgIpc) is 2.68. The van der Waals surface area contributed by atoms with Gasteiger partial charge in [0, 0.05) is 5.02 Å². The van der Waals surface area contributed by atoms with Gasteiger partial charge in [0.2, 0.25) is 0 Å². The lowest BCUT2D eigenvalue weighted by molar-refractivity contribution is -0.107. The Kier molecular flexibility index (Phi) is 8.33. The summed E-state index contributed by atoms with van der Waals surface area (Å²) in [5.41, 5.74) is 1.37. The van der Waals surface area contributed by atoms with Gasteiger partial charge in [-0.1, -0.05) is 11.6 Å². The molecule has 0 aliphatic rings. The minimum absolute atomic E-state index is 0.120. The van der Waals surface area contributed by atoms with Crippen molar-refractivity contribution in [1.29, 1.82) is 5.26 Å². The Hall–Kier alpha value is -3.22. The number of hydrogen-bond donors (Lipinski definition) is 3. The van der Waals surface area contributed by atoms with Crippen molar-refractivity contribution < 1.29 is 14.3 Å². The summed E-state index contributed by atoms with van der Waals surface area (Å²) in [4.78, 5) is 30.5. The molecule has 0 unspecified atom stereocenters. The standard InChI is InChI=1S/C19H21ClN6O3/c1-12(2)29-17-7-13(3-4-22-5-6-27)15(20)8-16(17)25-19(28)26-18-11-23-14(9-21)10-24-18/h6-8,10-12,22H,3-5H2,1-2H3,(H2,24,25,26,28). The van der Waals surface area contributed by atoms with Gasteiger partial charge in [-0.25, -0.2) is 14.8 Å². The van der Waals surface area contributed by atoms with Crippen LogP contribution < -0.4 is 20.7 Å².